The van der Waals surface area contributed by atoms with E-state index in [1.165, 1.54) is 43.5 Å². The van der Waals surface area contributed by atoms with Crippen molar-refractivity contribution in [3.8, 4) is 17.2 Å². The standard InChI is InChI=1S/C35H25Cl2F5N2O7/c1-51-20-4-2-3-19(46)22(20)23-16-9-10-17-21(31(48)43(30(17)47)12-11-14-5-7-15(45)8-6-14)18(16)13-34(36)32(49)44(33(50)35(23,34)37)29-27(41)25(39)24(38)26(40)28(29)42/h2-9,17-18,21,23,45-46H,10-13H2,1H3/t17-,18+,21-,23+,34+,35-/m0/s1. The molecule has 6 atom stereocenters. The number of rotatable bonds is 6. The summed E-state index contributed by atoms with van der Waals surface area (Å²) in [5, 5.41) is 20.8. The predicted molar refractivity (Wildman–Crippen MR) is 170 cm³/mol. The molecule has 266 valence electrons. The Labute approximate surface area is 295 Å². The Morgan fingerprint density at radius 2 is 1.47 bits per heavy atom. The van der Waals surface area contributed by atoms with Crippen molar-refractivity contribution in [3.63, 3.8) is 0 Å². The van der Waals surface area contributed by atoms with E-state index >= 15 is 8.78 Å². The predicted octanol–water partition coefficient (Wildman–Crippen LogP) is 5.61. The Kier molecular flexibility index (Phi) is 8.14. The molecule has 16 heteroatoms. The molecule has 0 bridgehead atoms. The van der Waals surface area contributed by atoms with Gasteiger partial charge in [-0.25, -0.2) is 26.9 Å². The van der Waals surface area contributed by atoms with Crippen LogP contribution < -0.4 is 9.64 Å². The van der Waals surface area contributed by atoms with Crippen LogP contribution in [0.15, 0.2) is 54.1 Å². The van der Waals surface area contributed by atoms with Crippen LogP contribution in [-0.2, 0) is 25.6 Å². The summed E-state index contributed by atoms with van der Waals surface area (Å²) in [6.45, 7) is -0.0505. The van der Waals surface area contributed by atoms with Gasteiger partial charge in [-0.3, -0.25) is 24.1 Å². The van der Waals surface area contributed by atoms with Gasteiger partial charge in [-0.15, -0.1) is 23.2 Å². The van der Waals surface area contributed by atoms with Gasteiger partial charge < -0.3 is 14.9 Å². The molecule has 9 nitrogen and oxygen atoms in total. The third-order valence-corrected chi connectivity index (χ3v) is 11.8. The molecule has 0 radical (unpaired) electrons. The number of phenols is 2. The molecule has 1 saturated carbocycles. The number of likely N-dealkylation sites (tertiary alicyclic amines) is 1. The van der Waals surface area contributed by atoms with Crippen molar-refractivity contribution in [2.24, 2.45) is 17.8 Å². The van der Waals surface area contributed by atoms with Crippen LogP contribution in [0.1, 0.15) is 29.9 Å². The molecule has 3 fully saturated rings. The highest BCUT2D eigenvalue weighted by molar-refractivity contribution is 6.58. The van der Waals surface area contributed by atoms with Gasteiger partial charge in [-0.05, 0) is 55.0 Å². The molecule has 2 saturated heterocycles. The maximum absolute atomic E-state index is 15.2. The van der Waals surface area contributed by atoms with Crippen molar-refractivity contribution in [3.05, 3.63) is 94.3 Å². The SMILES string of the molecule is COc1cccc(O)c1[C@H]1C2=CC[C@@H]3C(=O)N(CCc4ccc(O)cc4)C(=O)[C@@H]3[C@@H]2C[C@@]2(Cl)C(=O)N(c3c(F)c(F)c(F)c(F)c3F)C(=O)[C@@]12Cl. The zero-order chi connectivity index (χ0) is 36.9. The van der Waals surface area contributed by atoms with E-state index in [4.69, 9.17) is 27.9 Å². The quantitative estimate of drug-likeness (QED) is 0.0839. The number of amides is 4. The summed E-state index contributed by atoms with van der Waals surface area (Å²) in [5.74, 6) is -22.4. The maximum atomic E-state index is 15.2. The van der Waals surface area contributed by atoms with Crippen LogP contribution >= 0.6 is 23.2 Å². The Hall–Kier alpha value is -4.69. The van der Waals surface area contributed by atoms with Crippen molar-refractivity contribution >= 4 is 52.5 Å². The molecule has 2 aliphatic carbocycles. The van der Waals surface area contributed by atoms with E-state index in [1.54, 1.807) is 12.1 Å². The van der Waals surface area contributed by atoms with Gasteiger partial charge in [-0.1, -0.05) is 29.8 Å². The lowest BCUT2D eigenvalue weighted by molar-refractivity contribution is -0.140. The minimum absolute atomic E-state index is 0.0219. The van der Waals surface area contributed by atoms with Crippen LogP contribution in [0.3, 0.4) is 0 Å². The lowest BCUT2D eigenvalue weighted by Gasteiger charge is -2.50. The molecule has 3 aromatic carbocycles. The molecule has 0 unspecified atom stereocenters. The number of benzene rings is 3. The van der Waals surface area contributed by atoms with Crippen molar-refractivity contribution in [1.82, 2.24) is 4.90 Å². The van der Waals surface area contributed by atoms with Gasteiger partial charge in [0.25, 0.3) is 11.8 Å². The first-order valence-corrected chi connectivity index (χ1v) is 16.3. The fraction of sp³-hybridized carbons (Fsp3) is 0.314. The molecule has 0 aromatic heterocycles. The Morgan fingerprint density at radius 1 is 0.843 bits per heavy atom. The summed E-state index contributed by atoms with van der Waals surface area (Å²) in [4.78, 5) is 51.8. The number of ether oxygens (including phenoxy) is 1. The van der Waals surface area contributed by atoms with E-state index < -0.39 is 104 Å². The summed E-state index contributed by atoms with van der Waals surface area (Å²) < 4.78 is 78.8. The summed E-state index contributed by atoms with van der Waals surface area (Å²) in [7, 11) is 1.21. The van der Waals surface area contributed by atoms with Gasteiger partial charge in [0.05, 0.1) is 18.9 Å². The number of nitrogens with zero attached hydrogens (tertiary/aromatic N) is 2. The number of alkyl halides is 2. The minimum Gasteiger partial charge on any atom is -0.508 e. The number of carbonyl (C=O) groups is 4. The number of aromatic hydroxyl groups is 2. The van der Waals surface area contributed by atoms with E-state index in [9.17, 15) is 42.6 Å². The van der Waals surface area contributed by atoms with Gasteiger partial charge in [0, 0.05) is 18.0 Å². The lowest BCUT2D eigenvalue weighted by atomic mass is 9.56. The smallest absolute Gasteiger partial charge is 0.258 e. The van der Waals surface area contributed by atoms with Gasteiger partial charge in [0.15, 0.2) is 33.0 Å². The second kappa shape index (κ2) is 11.9. The summed E-state index contributed by atoms with van der Waals surface area (Å²) >= 11 is 14.2. The van der Waals surface area contributed by atoms with Gasteiger partial charge in [0.2, 0.25) is 17.6 Å². The first kappa shape index (κ1) is 34.7. The van der Waals surface area contributed by atoms with E-state index in [2.05, 4.69) is 0 Å². The highest BCUT2D eigenvalue weighted by Gasteiger charge is 2.77. The van der Waals surface area contributed by atoms with Crippen molar-refractivity contribution in [2.75, 3.05) is 18.6 Å². The molecule has 2 N–H and O–H groups in total. The molecule has 3 aromatic rings. The number of anilines is 1. The average molecular weight is 751 g/mol. The summed E-state index contributed by atoms with van der Waals surface area (Å²) in [6, 6.07) is 10.1. The summed E-state index contributed by atoms with van der Waals surface area (Å²) in [5.41, 5.74) is -1.23. The third kappa shape index (κ3) is 4.64. The van der Waals surface area contributed by atoms with Crippen molar-refractivity contribution < 1.29 is 56.1 Å². The van der Waals surface area contributed by atoms with E-state index in [0.717, 1.165) is 4.90 Å². The number of fused-ring (bicyclic) bond motifs is 4. The topological polar surface area (TPSA) is 124 Å². The second-order valence-electron chi connectivity index (χ2n) is 12.8. The lowest BCUT2D eigenvalue weighted by Crippen LogP contribution is -2.60. The minimum atomic E-state index is -2.81. The fourth-order valence-corrected chi connectivity index (χ4v) is 8.99. The molecule has 7 rings (SSSR count). The molecular formula is C35H25Cl2F5N2O7. The third-order valence-electron chi connectivity index (χ3n) is 10.4. The highest BCUT2D eigenvalue weighted by Crippen LogP contribution is 2.67. The molecule has 51 heavy (non-hydrogen) atoms. The molecule has 0 spiro atoms. The Bertz CT molecular complexity index is 2070. The van der Waals surface area contributed by atoms with Gasteiger partial charge in [0.1, 0.15) is 22.9 Å². The van der Waals surface area contributed by atoms with Gasteiger partial charge in [-0.2, -0.15) is 0 Å². The average Bonchev–Trinajstić information content (AvgIpc) is 3.44. The zero-order valence-electron chi connectivity index (χ0n) is 26.2. The number of carbonyl (C=O) groups excluding carboxylic acids is 4. The van der Waals surface area contributed by atoms with E-state index in [0.29, 0.717) is 5.56 Å². The van der Waals surface area contributed by atoms with Crippen LogP contribution in [0.4, 0.5) is 27.6 Å². The number of phenolic OH excluding ortho intramolecular Hbond substituents is 2. The van der Waals surface area contributed by atoms with E-state index in [-0.39, 0.29) is 46.9 Å². The first-order valence-electron chi connectivity index (χ1n) is 15.6. The number of hydrogen-bond donors (Lipinski definition) is 2. The Morgan fingerprint density at radius 3 is 2.10 bits per heavy atom. The normalized spacial score (nSPS) is 28.5. The van der Waals surface area contributed by atoms with Crippen LogP contribution in [-0.4, -0.2) is 62.1 Å². The molecule has 2 heterocycles. The van der Waals surface area contributed by atoms with E-state index in [1.807, 2.05) is 0 Å². The number of allylic oxidation sites excluding steroid dienone is 2. The molecule has 2 aliphatic heterocycles. The highest BCUT2D eigenvalue weighted by atomic mass is 35.5. The molecule has 4 aliphatic rings. The number of hydrogen-bond acceptors (Lipinski definition) is 7. The fourth-order valence-electron chi connectivity index (χ4n) is 8.07. The largest absolute Gasteiger partial charge is 0.508 e. The molecule has 4 amide bonds. The number of methoxy groups -OCH3 is 1. The Balaban J connectivity index is 1.38. The van der Waals surface area contributed by atoms with Crippen LogP contribution in [0, 0.1) is 46.8 Å². The second-order valence-corrected chi connectivity index (χ2v) is 14.1. The number of imide groups is 2. The summed E-state index contributed by atoms with van der Waals surface area (Å²) in [6.07, 6.45) is 1.01. The zero-order valence-corrected chi connectivity index (χ0v) is 27.7. The van der Waals surface area contributed by atoms with Crippen LogP contribution in [0.25, 0.3) is 0 Å². The van der Waals surface area contributed by atoms with Crippen molar-refractivity contribution in [1.29, 1.82) is 0 Å². The first-order chi connectivity index (χ1) is 24.1. The molecular weight excluding hydrogens is 726 g/mol. The monoisotopic (exact) mass is 750 g/mol. The maximum Gasteiger partial charge on any atom is 0.258 e. The van der Waals surface area contributed by atoms with Crippen LogP contribution in [0.2, 0.25) is 0 Å². The van der Waals surface area contributed by atoms with Gasteiger partial charge >= 0.3 is 0 Å². The van der Waals surface area contributed by atoms with Crippen LogP contribution in [0.5, 0.6) is 17.2 Å². The van der Waals surface area contributed by atoms with Crippen molar-refractivity contribution in [2.45, 2.75) is 34.9 Å². The number of halogens is 7.